The molecule has 96 valence electrons. The van der Waals surface area contributed by atoms with Gasteiger partial charge in [0.1, 0.15) is 13.2 Å². The summed E-state index contributed by atoms with van der Waals surface area (Å²) in [7, 11) is 1.57. The molecule has 0 aliphatic carbocycles. The molecule has 1 aromatic rings. The second-order valence-corrected chi connectivity index (χ2v) is 3.92. The van der Waals surface area contributed by atoms with Crippen molar-refractivity contribution in [2.45, 2.75) is 0 Å². The first-order valence-electron chi connectivity index (χ1n) is 5.27. The van der Waals surface area contributed by atoms with Crippen LogP contribution in [0.15, 0.2) is 17.2 Å². The van der Waals surface area contributed by atoms with Crippen LogP contribution in [-0.2, 0) is 0 Å². The second kappa shape index (κ2) is 5.54. The minimum absolute atomic E-state index is 0.107. The Bertz CT molecular complexity index is 473. The zero-order valence-corrected chi connectivity index (χ0v) is 10.6. The van der Waals surface area contributed by atoms with Crippen LogP contribution in [0.25, 0.3) is 0 Å². The molecule has 0 atom stereocenters. The highest BCUT2D eigenvalue weighted by atomic mass is 32.1. The largest absolute Gasteiger partial charge is 0.493 e. The van der Waals surface area contributed by atoms with Crippen molar-refractivity contribution in [1.29, 1.82) is 0 Å². The lowest BCUT2D eigenvalue weighted by molar-refractivity contribution is 0.165. The monoisotopic (exact) mass is 267 g/mol. The number of hydrogen-bond donors (Lipinski definition) is 2. The van der Waals surface area contributed by atoms with Gasteiger partial charge in [-0.15, -0.1) is 0 Å². The average molecular weight is 267 g/mol. The van der Waals surface area contributed by atoms with Crippen molar-refractivity contribution < 1.29 is 14.2 Å². The van der Waals surface area contributed by atoms with Crippen molar-refractivity contribution in [2.75, 3.05) is 20.3 Å². The molecule has 0 fully saturated rings. The van der Waals surface area contributed by atoms with E-state index in [0.717, 1.165) is 5.56 Å². The molecule has 2 rings (SSSR count). The third kappa shape index (κ3) is 2.80. The second-order valence-electron chi connectivity index (χ2n) is 3.48. The number of hydrazone groups is 1. The van der Waals surface area contributed by atoms with Crippen molar-refractivity contribution in [1.82, 2.24) is 5.43 Å². The number of hydrogen-bond acceptors (Lipinski definition) is 5. The highest BCUT2D eigenvalue weighted by Gasteiger charge is 2.17. The van der Waals surface area contributed by atoms with Gasteiger partial charge in [0.25, 0.3) is 0 Å². The minimum Gasteiger partial charge on any atom is -0.493 e. The number of thiocarbonyl (C=S) groups is 1. The number of methoxy groups -OCH3 is 1. The van der Waals surface area contributed by atoms with Crippen LogP contribution < -0.4 is 25.4 Å². The Morgan fingerprint density at radius 2 is 2.28 bits per heavy atom. The summed E-state index contributed by atoms with van der Waals surface area (Å²) in [6.07, 6.45) is 1.57. The number of rotatable bonds is 3. The summed E-state index contributed by atoms with van der Waals surface area (Å²) in [6, 6.07) is 3.60. The van der Waals surface area contributed by atoms with E-state index in [2.05, 4.69) is 22.7 Å². The van der Waals surface area contributed by atoms with Gasteiger partial charge in [0, 0.05) is 5.56 Å². The number of nitrogens with one attached hydrogen (secondary N) is 1. The summed E-state index contributed by atoms with van der Waals surface area (Å²) < 4.78 is 16.2. The smallest absolute Gasteiger partial charge is 0.203 e. The summed E-state index contributed by atoms with van der Waals surface area (Å²) in [5, 5.41) is 3.98. The van der Waals surface area contributed by atoms with E-state index in [1.165, 1.54) is 0 Å². The molecule has 0 unspecified atom stereocenters. The van der Waals surface area contributed by atoms with Gasteiger partial charge in [-0.25, -0.2) is 0 Å². The zero-order valence-electron chi connectivity index (χ0n) is 9.80. The van der Waals surface area contributed by atoms with E-state index in [4.69, 9.17) is 19.9 Å². The topological polar surface area (TPSA) is 78.1 Å². The molecule has 0 spiro atoms. The Morgan fingerprint density at radius 1 is 1.50 bits per heavy atom. The van der Waals surface area contributed by atoms with Gasteiger partial charge in [0.15, 0.2) is 16.6 Å². The molecule has 3 N–H and O–H groups in total. The van der Waals surface area contributed by atoms with E-state index in [1.54, 1.807) is 19.4 Å². The van der Waals surface area contributed by atoms with Gasteiger partial charge in [-0.1, -0.05) is 0 Å². The first kappa shape index (κ1) is 12.4. The molecule has 1 aromatic carbocycles. The summed E-state index contributed by atoms with van der Waals surface area (Å²) in [5.41, 5.74) is 8.53. The van der Waals surface area contributed by atoms with Crippen molar-refractivity contribution in [3.63, 3.8) is 0 Å². The van der Waals surface area contributed by atoms with E-state index < -0.39 is 0 Å². The van der Waals surface area contributed by atoms with E-state index in [0.29, 0.717) is 30.5 Å². The number of benzene rings is 1. The normalized spacial score (nSPS) is 13.4. The summed E-state index contributed by atoms with van der Waals surface area (Å²) >= 11 is 4.64. The van der Waals surface area contributed by atoms with Gasteiger partial charge < -0.3 is 19.9 Å². The quantitative estimate of drug-likeness (QED) is 0.475. The molecule has 0 radical (unpaired) electrons. The van der Waals surface area contributed by atoms with Gasteiger partial charge in [0.2, 0.25) is 5.75 Å². The standard InChI is InChI=1S/C11H13N3O3S/c1-15-8-4-7(6-13-14-11(12)18)5-9-10(8)17-3-2-16-9/h4-6H,2-3H2,1H3,(H3,12,14,18). The van der Waals surface area contributed by atoms with Crippen molar-refractivity contribution in [3.05, 3.63) is 17.7 Å². The predicted octanol–water partition coefficient (Wildman–Crippen LogP) is 0.633. The van der Waals surface area contributed by atoms with Gasteiger partial charge in [-0.2, -0.15) is 5.10 Å². The van der Waals surface area contributed by atoms with E-state index in [-0.39, 0.29) is 5.11 Å². The maximum Gasteiger partial charge on any atom is 0.203 e. The SMILES string of the molecule is COc1cc(C=NNC(N)=S)cc2c1OCCO2. The highest BCUT2D eigenvalue weighted by molar-refractivity contribution is 7.80. The lowest BCUT2D eigenvalue weighted by atomic mass is 10.2. The van der Waals surface area contributed by atoms with Gasteiger partial charge >= 0.3 is 0 Å². The fraction of sp³-hybridized carbons (Fsp3) is 0.273. The average Bonchev–Trinajstić information content (AvgIpc) is 2.37. The maximum atomic E-state index is 5.50. The Hall–Kier alpha value is -2.02. The van der Waals surface area contributed by atoms with Crippen LogP contribution in [0.5, 0.6) is 17.2 Å². The van der Waals surface area contributed by atoms with E-state index >= 15 is 0 Å². The number of fused-ring (bicyclic) bond motifs is 1. The molecular formula is C11H13N3O3S. The van der Waals surface area contributed by atoms with Gasteiger partial charge in [-0.05, 0) is 24.4 Å². The van der Waals surface area contributed by atoms with Crippen LogP contribution in [0.4, 0.5) is 0 Å². The van der Waals surface area contributed by atoms with Crippen molar-refractivity contribution in [3.8, 4) is 17.2 Å². The predicted molar refractivity (Wildman–Crippen MR) is 71.5 cm³/mol. The molecule has 1 aliphatic rings. The lowest BCUT2D eigenvalue weighted by Gasteiger charge is -2.20. The molecule has 1 heterocycles. The molecule has 0 saturated carbocycles. The molecule has 7 heteroatoms. The fourth-order valence-electron chi connectivity index (χ4n) is 1.54. The van der Waals surface area contributed by atoms with Gasteiger partial charge in [-0.3, -0.25) is 5.43 Å². The van der Waals surface area contributed by atoms with Crippen LogP contribution in [0.3, 0.4) is 0 Å². The summed E-state index contributed by atoms with van der Waals surface area (Å²) in [4.78, 5) is 0. The minimum atomic E-state index is 0.107. The fourth-order valence-corrected chi connectivity index (χ4v) is 1.59. The molecule has 18 heavy (non-hydrogen) atoms. The number of nitrogens with zero attached hydrogens (tertiary/aromatic N) is 1. The zero-order chi connectivity index (χ0) is 13.0. The van der Waals surface area contributed by atoms with Crippen LogP contribution in [0, 0.1) is 0 Å². The number of ether oxygens (including phenoxy) is 3. The molecule has 0 bridgehead atoms. The van der Waals surface area contributed by atoms with Crippen LogP contribution in [-0.4, -0.2) is 31.7 Å². The Labute approximate surface area is 110 Å². The molecule has 0 amide bonds. The molecule has 0 aromatic heterocycles. The van der Waals surface area contributed by atoms with Crippen LogP contribution in [0.1, 0.15) is 5.56 Å². The van der Waals surface area contributed by atoms with Crippen molar-refractivity contribution in [2.24, 2.45) is 10.8 Å². The number of nitrogens with two attached hydrogens (primary N) is 1. The van der Waals surface area contributed by atoms with Gasteiger partial charge in [0.05, 0.1) is 13.3 Å². The third-order valence-electron chi connectivity index (χ3n) is 2.24. The highest BCUT2D eigenvalue weighted by Crippen LogP contribution is 2.39. The first-order valence-corrected chi connectivity index (χ1v) is 5.67. The lowest BCUT2D eigenvalue weighted by Crippen LogP contribution is -2.24. The van der Waals surface area contributed by atoms with Crippen LogP contribution >= 0.6 is 12.2 Å². The third-order valence-corrected chi connectivity index (χ3v) is 2.33. The van der Waals surface area contributed by atoms with Crippen LogP contribution in [0.2, 0.25) is 0 Å². The molecular weight excluding hydrogens is 254 g/mol. The molecule has 6 nitrogen and oxygen atoms in total. The van der Waals surface area contributed by atoms with E-state index in [1.807, 2.05) is 6.07 Å². The Kier molecular flexibility index (Phi) is 3.83. The first-order chi connectivity index (χ1) is 8.70. The maximum absolute atomic E-state index is 5.50. The van der Waals surface area contributed by atoms with E-state index in [9.17, 15) is 0 Å². The Balaban J connectivity index is 2.26. The van der Waals surface area contributed by atoms with Crippen molar-refractivity contribution >= 4 is 23.5 Å². The summed E-state index contributed by atoms with van der Waals surface area (Å²) in [6.45, 7) is 1.03. The summed E-state index contributed by atoms with van der Waals surface area (Å²) in [5.74, 6) is 1.85. The molecule has 1 aliphatic heterocycles. The Morgan fingerprint density at radius 3 is 3.00 bits per heavy atom. The molecule has 0 saturated heterocycles.